The second kappa shape index (κ2) is 7.50. The summed E-state index contributed by atoms with van der Waals surface area (Å²) in [5, 5.41) is 5.69. The monoisotopic (exact) mass is 345 g/mol. The summed E-state index contributed by atoms with van der Waals surface area (Å²) in [6.45, 7) is 2.86. The van der Waals surface area contributed by atoms with Crippen molar-refractivity contribution in [3.05, 3.63) is 28.7 Å². The van der Waals surface area contributed by atoms with E-state index in [9.17, 15) is 22.9 Å². The van der Waals surface area contributed by atoms with Gasteiger partial charge in [-0.1, -0.05) is 0 Å². The molecule has 0 aliphatic carbocycles. The standard InChI is InChI=1S/C15H18F3N3O3/c1-2-24-14(22)21-7-5-11(6-8-21)19-13-9-10(15(16,17)18)3-4-12(13)20-23/h3-4,9,11,19H,2,5-8H2,1H3. The summed E-state index contributed by atoms with van der Waals surface area (Å²) in [6.07, 6.45) is -3.82. The van der Waals surface area contributed by atoms with Crippen LogP contribution in [0.5, 0.6) is 0 Å². The van der Waals surface area contributed by atoms with E-state index in [1.54, 1.807) is 11.8 Å². The number of carbonyl (C=O) groups is 1. The van der Waals surface area contributed by atoms with Gasteiger partial charge in [-0.05, 0) is 43.1 Å². The molecule has 24 heavy (non-hydrogen) atoms. The Morgan fingerprint density at radius 2 is 2.04 bits per heavy atom. The maximum Gasteiger partial charge on any atom is 0.416 e. The van der Waals surface area contributed by atoms with Crippen LogP contribution in [-0.4, -0.2) is 36.7 Å². The average Bonchev–Trinajstić information content (AvgIpc) is 2.55. The number of hydrogen-bond donors (Lipinski definition) is 1. The zero-order chi connectivity index (χ0) is 17.7. The molecular weight excluding hydrogens is 327 g/mol. The van der Waals surface area contributed by atoms with Crippen LogP contribution in [0.4, 0.5) is 29.3 Å². The maximum absolute atomic E-state index is 12.8. The van der Waals surface area contributed by atoms with Crippen LogP contribution in [0.1, 0.15) is 25.3 Å². The molecule has 0 aromatic heterocycles. The zero-order valence-corrected chi connectivity index (χ0v) is 13.1. The molecule has 1 N–H and O–H groups in total. The molecule has 1 aromatic carbocycles. The molecule has 0 spiro atoms. The van der Waals surface area contributed by atoms with Crippen LogP contribution < -0.4 is 5.32 Å². The van der Waals surface area contributed by atoms with Gasteiger partial charge in [-0.3, -0.25) is 0 Å². The number of anilines is 1. The van der Waals surface area contributed by atoms with E-state index in [1.807, 2.05) is 0 Å². The first-order valence-electron chi connectivity index (χ1n) is 7.58. The van der Waals surface area contributed by atoms with Crippen LogP contribution in [-0.2, 0) is 10.9 Å². The summed E-state index contributed by atoms with van der Waals surface area (Å²) < 4.78 is 43.3. The summed E-state index contributed by atoms with van der Waals surface area (Å²) >= 11 is 0. The molecule has 1 fully saturated rings. The molecule has 1 aromatic rings. The molecule has 6 nitrogen and oxygen atoms in total. The molecule has 2 rings (SSSR count). The van der Waals surface area contributed by atoms with Crippen LogP contribution in [0, 0.1) is 4.91 Å². The maximum atomic E-state index is 12.8. The van der Waals surface area contributed by atoms with Crippen LogP contribution in [0.15, 0.2) is 23.4 Å². The predicted octanol–water partition coefficient (Wildman–Crippen LogP) is 4.14. The van der Waals surface area contributed by atoms with Crippen molar-refractivity contribution in [2.45, 2.75) is 32.0 Å². The number of alkyl halides is 3. The SMILES string of the molecule is CCOC(=O)N1CCC(Nc2cc(C(F)(F)F)ccc2N=O)CC1. The lowest BCUT2D eigenvalue weighted by Crippen LogP contribution is -2.42. The number of rotatable bonds is 4. The highest BCUT2D eigenvalue weighted by atomic mass is 19.4. The smallest absolute Gasteiger partial charge is 0.416 e. The number of likely N-dealkylation sites (tertiary alicyclic amines) is 1. The van der Waals surface area contributed by atoms with Gasteiger partial charge in [-0.25, -0.2) is 4.79 Å². The van der Waals surface area contributed by atoms with Gasteiger partial charge in [0.1, 0.15) is 5.69 Å². The largest absolute Gasteiger partial charge is 0.450 e. The Morgan fingerprint density at radius 1 is 1.38 bits per heavy atom. The fraction of sp³-hybridized carbons (Fsp3) is 0.533. The number of nitroso groups, excluding NO2 is 1. The van der Waals surface area contributed by atoms with Gasteiger partial charge in [0, 0.05) is 19.1 Å². The van der Waals surface area contributed by atoms with Crippen molar-refractivity contribution in [3.8, 4) is 0 Å². The molecule has 0 bridgehead atoms. The summed E-state index contributed by atoms with van der Waals surface area (Å²) in [5.41, 5.74) is -0.869. The lowest BCUT2D eigenvalue weighted by atomic mass is 10.0. The van der Waals surface area contributed by atoms with Crippen molar-refractivity contribution >= 4 is 17.5 Å². The number of ether oxygens (including phenoxy) is 1. The summed E-state index contributed by atoms with van der Waals surface area (Å²) in [5.74, 6) is 0. The van der Waals surface area contributed by atoms with E-state index < -0.39 is 17.8 Å². The highest BCUT2D eigenvalue weighted by Gasteiger charge is 2.32. The Labute approximate surface area is 136 Å². The Balaban J connectivity index is 2.04. The predicted molar refractivity (Wildman–Crippen MR) is 82.1 cm³/mol. The van der Waals surface area contributed by atoms with Gasteiger partial charge in [-0.15, -0.1) is 4.91 Å². The second-order valence-corrected chi connectivity index (χ2v) is 5.43. The molecule has 1 amide bonds. The highest BCUT2D eigenvalue weighted by Crippen LogP contribution is 2.35. The number of hydrogen-bond acceptors (Lipinski definition) is 5. The van der Waals surface area contributed by atoms with Crippen molar-refractivity contribution in [2.75, 3.05) is 25.0 Å². The Hall–Kier alpha value is -2.32. The number of halogens is 3. The van der Waals surface area contributed by atoms with Crippen LogP contribution in [0.2, 0.25) is 0 Å². The summed E-state index contributed by atoms with van der Waals surface area (Å²) in [6, 6.07) is 2.60. The number of nitrogens with one attached hydrogen (secondary N) is 1. The first-order chi connectivity index (χ1) is 11.3. The molecule has 0 saturated carbocycles. The number of amides is 1. The van der Waals surface area contributed by atoms with Crippen molar-refractivity contribution in [1.82, 2.24) is 4.90 Å². The molecule has 132 valence electrons. The number of nitrogens with zero attached hydrogens (tertiary/aromatic N) is 2. The summed E-state index contributed by atoms with van der Waals surface area (Å²) in [4.78, 5) is 24.0. The Morgan fingerprint density at radius 3 is 2.58 bits per heavy atom. The van der Waals surface area contributed by atoms with E-state index in [-0.39, 0.29) is 24.0 Å². The highest BCUT2D eigenvalue weighted by molar-refractivity contribution is 5.68. The third-order valence-electron chi connectivity index (χ3n) is 3.80. The first-order valence-corrected chi connectivity index (χ1v) is 7.58. The van der Waals surface area contributed by atoms with E-state index in [0.29, 0.717) is 25.9 Å². The van der Waals surface area contributed by atoms with E-state index in [2.05, 4.69) is 10.5 Å². The van der Waals surface area contributed by atoms with Crippen molar-refractivity contribution in [2.24, 2.45) is 5.18 Å². The van der Waals surface area contributed by atoms with E-state index in [0.717, 1.165) is 18.2 Å². The average molecular weight is 345 g/mol. The third-order valence-corrected chi connectivity index (χ3v) is 3.80. The van der Waals surface area contributed by atoms with Crippen LogP contribution >= 0.6 is 0 Å². The van der Waals surface area contributed by atoms with Crippen LogP contribution in [0.25, 0.3) is 0 Å². The van der Waals surface area contributed by atoms with E-state index >= 15 is 0 Å². The molecule has 1 saturated heterocycles. The van der Waals surface area contributed by atoms with Gasteiger partial charge in [0.2, 0.25) is 0 Å². The summed E-state index contributed by atoms with van der Waals surface area (Å²) in [7, 11) is 0. The van der Waals surface area contributed by atoms with Gasteiger partial charge in [0.25, 0.3) is 0 Å². The van der Waals surface area contributed by atoms with Gasteiger partial charge < -0.3 is 15.0 Å². The van der Waals surface area contributed by atoms with Crippen LogP contribution in [0.3, 0.4) is 0 Å². The van der Waals surface area contributed by atoms with Gasteiger partial charge in [0.05, 0.1) is 17.9 Å². The van der Waals surface area contributed by atoms with Crippen molar-refractivity contribution in [3.63, 3.8) is 0 Å². The molecule has 0 unspecified atom stereocenters. The van der Waals surface area contributed by atoms with Crippen molar-refractivity contribution < 1.29 is 22.7 Å². The van der Waals surface area contributed by atoms with E-state index in [1.165, 1.54) is 0 Å². The molecule has 1 heterocycles. The second-order valence-electron chi connectivity index (χ2n) is 5.43. The minimum absolute atomic E-state index is 0.0504. The van der Waals surface area contributed by atoms with Crippen molar-refractivity contribution in [1.29, 1.82) is 0 Å². The molecule has 0 atom stereocenters. The number of piperidine rings is 1. The first kappa shape index (κ1) is 18.0. The number of carbonyl (C=O) groups excluding carboxylic acids is 1. The Bertz CT molecular complexity index is 599. The fourth-order valence-electron chi connectivity index (χ4n) is 2.55. The van der Waals surface area contributed by atoms with Gasteiger partial charge in [-0.2, -0.15) is 13.2 Å². The minimum atomic E-state index is -4.49. The molecule has 9 heteroatoms. The molecule has 0 radical (unpaired) electrons. The van der Waals surface area contributed by atoms with Gasteiger partial charge >= 0.3 is 12.3 Å². The Kier molecular flexibility index (Phi) is 5.63. The third kappa shape index (κ3) is 4.36. The topological polar surface area (TPSA) is 71.0 Å². The lowest BCUT2D eigenvalue weighted by molar-refractivity contribution is -0.137. The lowest BCUT2D eigenvalue weighted by Gasteiger charge is -2.32. The quantitative estimate of drug-likeness (QED) is 0.833. The minimum Gasteiger partial charge on any atom is -0.450 e. The normalized spacial score (nSPS) is 15.9. The fourth-order valence-corrected chi connectivity index (χ4v) is 2.55. The zero-order valence-electron chi connectivity index (χ0n) is 13.1. The molecule has 1 aliphatic heterocycles. The van der Waals surface area contributed by atoms with E-state index in [4.69, 9.17) is 4.74 Å². The number of benzene rings is 1. The molecular formula is C15H18F3N3O3. The van der Waals surface area contributed by atoms with Gasteiger partial charge in [0.15, 0.2) is 0 Å². The molecule has 1 aliphatic rings.